The lowest BCUT2D eigenvalue weighted by atomic mass is 10.2. The molecule has 0 radical (unpaired) electrons. The fourth-order valence-electron chi connectivity index (χ4n) is 2.96. The van der Waals surface area contributed by atoms with E-state index in [9.17, 15) is 9.59 Å². The number of aryl methyl sites for hydroxylation is 1. The summed E-state index contributed by atoms with van der Waals surface area (Å²) in [4.78, 5) is 26.2. The number of amides is 2. The number of methoxy groups -OCH3 is 1. The normalized spacial score (nSPS) is 11.5. The van der Waals surface area contributed by atoms with Gasteiger partial charge in [0.2, 0.25) is 5.91 Å². The number of nitrogens with one attached hydrogen (secondary N) is 2. The van der Waals surface area contributed by atoms with Gasteiger partial charge in [0.1, 0.15) is 5.75 Å². The molecule has 31 heavy (non-hydrogen) atoms. The van der Waals surface area contributed by atoms with E-state index < -0.39 is 0 Å². The second-order valence-electron chi connectivity index (χ2n) is 7.08. The number of anilines is 2. The van der Waals surface area contributed by atoms with Gasteiger partial charge in [-0.25, -0.2) is 0 Å². The Labute approximate surface area is 187 Å². The van der Waals surface area contributed by atoms with E-state index in [4.69, 9.17) is 4.74 Å². The highest BCUT2D eigenvalue weighted by Crippen LogP contribution is 2.29. The first kappa shape index (κ1) is 22.4. The first-order chi connectivity index (χ1) is 15.0. The number of benzene rings is 3. The molecular weight excluding hydrogens is 408 g/mol. The molecule has 1 atom stereocenters. The number of thioether (sulfide) groups is 1. The Hall–Kier alpha value is -3.25. The van der Waals surface area contributed by atoms with Gasteiger partial charge < -0.3 is 15.4 Å². The van der Waals surface area contributed by atoms with Crippen LogP contribution in [0.1, 0.15) is 29.3 Å². The molecule has 0 bridgehead atoms. The molecule has 0 fully saturated rings. The summed E-state index contributed by atoms with van der Waals surface area (Å²) in [7, 11) is 1.57. The van der Waals surface area contributed by atoms with Crippen LogP contribution in [-0.2, 0) is 4.79 Å². The molecule has 5 nitrogen and oxygen atoms in total. The van der Waals surface area contributed by atoms with Gasteiger partial charge in [0.05, 0.1) is 12.4 Å². The first-order valence-corrected chi connectivity index (χ1v) is 11.0. The van der Waals surface area contributed by atoms with E-state index in [2.05, 4.69) is 10.6 Å². The first-order valence-electron chi connectivity index (χ1n) is 10.1. The molecule has 0 spiro atoms. The van der Waals surface area contributed by atoms with Crippen LogP contribution < -0.4 is 15.4 Å². The van der Waals surface area contributed by atoms with Gasteiger partial charge in [-0.3, -0.25) is 9.59 Å². The van der Waals surface area contributed by atoms with Gasteiger partial charge in [0.15, 0.2) is 0 Å². The Morgan fingerprint density at radius 3 is 2.39 bits per heavy atom. The van der Waals surface area contributed by atoms with Crippen LogP contribution in [0.2, 0.25) is 0 Å². The quantitative estimate of drug-likeness (QED) is 0.442. The molecule has 0 saturated heterocycles. The summed E-state index contributed by atoms with van der Waals surface area (Å²) in [6, 6.07) is 22.3. The van der Waals surface area contributed by atoms with E-state index >= 15 is 0 Å². The SMILES string of the molecule is CCC(Sc1cccc(NC(=O)c2cccc(OC)c2)c1)C(=O)Nc1ccc(C)cc1. The lowest BCUT2D eigenvalue weighted by Crippen LogP contribution is -2.24. The molecule has 0 heterocycles. The molecule has 6 heteroatoms. The van der Waals surface area contributed by atoms with Gasteiger partial charge in [-0.2, -0.15) is 0 Å². The molecule has 0 aliphatic rings. The van der Waals surface area contributed by atoms with Gasteiger partial charge in [-0.1, -0.05) is 36.8 Å². The number of hydrogen-bond donors (Lipinski definition) is 2. The average Bonchev–Trinajstić information content (AvgIpc) is 2.79. The van der Waals surface area contributed by atoms with Crippen LogP contribution in [0.3, 0.4) is 0 Å². The second kappa shape index (κ2) is 10.7. The van der Waals surface area contributed by atoms with Crippen molar-refractivity contribution in [3.63, 3.8) is 0 Å². The lowest BCUT2D eigenvalue weighted by molar-refractivity contribution is -0.115. The van der Waals surface area contributed by atoms with Crippen molar-refractivity contribution in [1.29, 1.82) is 0 Å². The van der Waals surface area contributed by atoms with E-state index in [0.717, 1.165) is 16.1 Å². The monoisotopic (exact) mass is 434 g/mol. The molecule has 2 N–H and O–H groups in total. The van der Waals surface area contributed by atoms with Crippen molar-refractivity contribution in [1.82, 2.24) is 0 Å². The highest BCUT2D eigenvalue weighted by Gasteiger charge is 2.18. The van der Waals surface area contributed by atoms with Crippen molar-refractivity contribution in [2.75, 3.05) is 17.7 Å². The van der Waals surface area contributed by atoms with Crippen LogP contribution in [0.15, 0.2) is 77.7 Å². The van der Waals surface area contributed by atoms with E-state index in [-0.39, 0.29) is 17.1 Å². The molecular formula is C25H26N2O3S. The van der Waals surface area contributed by atoms with Crippen molar-refractivity contribution in [3.05, 3.63) is 83.9 Å². The highest BCUT2D eigenvalue weighted by atomic mass is 32.2. The summed E-state index contributed by atoms with van der Waals surface area (Å²) in [5.74, 6) is 0.370. The molecule has 3 aromatic rings. The zero-order valence-corrected chi connectivity index (χ0v) is 18.7. The van der Waals surface area contributed by atoms with Crippen LogP contribution in [0, 0.1) is 6.92 Å². The highest BCUT2D eigenvalue weighted by molar-refractivity contribution is 8.00. The van der Waals surface area contributed by atoms with Gasteiger partial charge in [0.25, 0.3) is 5.91 Å². The molecule has 2 amide bonds. The Morgan fingerprint density at radius 2 is 1.68 bits per heavy atom. The molecule has 0 aliphatic heterocycles. The summed E-state index contributed by atoms with van der Waals surface area (Å²) in [5, 5.41) is 5.64. The Kier molecular flexibility index (Phi) is 7.73. The minimum atomic E-state index is -0.245. The van der Waals surface area contributed by atoms with Crippen molar-refractivity contribution in [2.24, 2.45) is 0 Å². The Bertz CT molecular complexity index is 1050. The zero-order valence-electron chi connectivity index (χ0n) is 17.8. The predicted molar refractivity (Wildman–Crippen MR) is 127 cm³/mol. The average molecular weight is 435 g/mol. The lowest BCUT2D eigenvalue weighted by Gasteiger charge is -2.15. The van der Waals surface area contributed by atoms with Gasteiger partial charge >= 0.3 is 0 Å². The molecule has 0 saturated carbocycles. The van der Waals surface area contributed by atoms with E-state index in [1.54, 1.807) is 31.4 Å². The Balaban J connectivity index is 1.66. The standard InChI is InChI=1S/C25H26N2O3S/c1-4-23(25(29)26-19-13-11-17(2)12-14-19)31-22-10-6-8-20(16-22)27-24(28)18-7-5-9-21(15-18)30-3/h5-16,23H,4H2,1-3H3,(H,26,29)(H,27,28). The van der Waals surface area contributed by atoms with E-state index in [1.165, 1.54) is 11.8 Å². The van der Waals surface area contributed by atoms with Crippen LogP contribution in [0.25, 0.3) is 0 Å². The fourth-order valence-corrected chi connectivity index (χ4v) is 3.97. The number of carbonyl (C=O) groups is 2. The molecule has 0 aromatic heterocycles. The smallest absolute Gasteiger partial charge is 0.255 e. The minimum absolute atomic E-state index is 0.0397. The summed E-state index contributed by atoms with van der Waals surface area (Å²) in [5.41, 5.74) is 3.12. The number of ether oxygens (including phenoxy) is 1. The summed E-state index contributed by atoms with van der Waals surface area (Å²) >= 11 is 1.48. The summed E-state index contributed by atoms with van der Waals surface area (Å²) in [6.45, 7) is 4.00. The molecule has 3 aromatic carbocycles. The minimum Gasteiger partial charge on any atom is -0.497 e. The predicted octanol–water partition coefficient (Wildman–Crippen LogP) is 5.77. The molecule has 1 unspecified atom stereocenters. The maximum atomic E-state index is 12.7. The number of carbonyl (C=O) groups excluding carboxylic acids is 2. The molecule has 3 rings (SSSR count). The number of rotatable bonds is 8. The third kappa shape index (κ3) is 6.36. The summed E-state index contributed by atoms with van der Waals surface area (Å²) in [6.07, 6.45) is 0.683. The van der Waals surface area contributed by atoms with Crippen molar-refractivity contribution in [2.45, 2.75) is 30.4 Å². The maximum Gasteiger partial charge on any atom is 0.255 e. The van der Waals surface area contributed by atoms with Crippen LogP contribution in [0.4, 0.5) is 11.4 Å². The van der Waals surface area contributed by atoms with Gasteiger partial charge in [-0.15, -0.1) is 11.8 Å². The van der Waals surface area contributed by atoms with E-state index in [1.807, 2.05) is 62.4 Å². The van der Waals surface area contributed by atoms with E-state index in [0.29, 0.717) is 23.4 Å². The van der Waals surface area contributed by atoms with Crippen LogP contribution >= 0.6 is 11.8 Å². The Morgan fingerprint density at radius 1 is 0.935 bits per heavy atom. The van der Waals surface area contributed by atoms with Gasteiger partial charge in [0, 0.05) is 21.8 Å². The molecule has 160 valence electrons. The number of hydrogen-bond acceptors (Lipinski definition) is 4. The topological polar surface area (TPSA) is 67.4 Å². The van der Waals surface area contributed by atoms with Crippen LogP contribution in [-0.4, -0.2) is 24.2 Å². The third-order valence-corrected chi connectivity index (χ3v) is 6.04. The van der Waals surface area contributed by atoms with Crippen molar-refractivity contribution in [3.8, 4) is 5.75 Å². The fraction of sp³-hybridized carbons (Fsp3) is 0.200. The zero-order chi connectivity index (χ0) is 22.2. The third-order valence-electron chi connectivity index (χ3n) is 4.68. The largest absolute Gasteiger partial charge is 0.497 e. The maximum absolute atomic E-state index is 12.7. The van der Waals surface area contributed by atoms with Gasteiger partial charge in [-0.05, 0) is 61.9 Å². The molecule has 0 aliphatic carbocycles. The van der Waals surface area contributed by atoms with Crippen molar-refractivity contribution < 1.29 is 14.3 Å². The van der Waals surface area contributed by atoms with Crippen molar-refractivity contribution >= 4 is 35.0 Å². The second-order valence-corrected chi connectivity index (χ2v) is 8.36. The van der Waals surface area contributed by atoms with Crippen LogP contribution in [0.5, 0.6) is 5.75 Å². The summed E-state index contributed by atoms with van der Waals surface area (Å²) < 4.78 is 5.18.